The molecule has 0 aromatic heterocycles. The summed E-state index contributed by atoms with van der Waals surface area (Å²) >= 11 is 0. The van der Waals surface area contributed by atoms with Crippen molar-refractivity contribution in [2.75, 3.05) is 47.5 Å². The summed E-state index contributed by atoms with van der Waals surface area (Å²) in [6, 6.07) is 0. The van der Waals surface area contributed by atoms with Crippen LogP contribution in [0.5, 0.6) is 0 Å². The fourth-order valence-electron chi connectivity index (χ4n) is 5.38. The molecule has 56 heavy (non-hydrogen) atoms. The van der Waals surface area contributed by atoms with Gasteiger partial charge >= 0.3 is 11.9 Å². The second-order valence-corrected chi connectivity index (χ2v) is 16.8. The molecule has 0 N–H and O–H groups in total. The van der Waals surface area contributed by atoms with Crippen LogP contribution in [0.4, 0.5) is 0 Å². The summed E-state index contributed by atoms with van der Waals surface area (Å²) in [6.45, 7) is 3.99. The molecule has 322 valence electrons. The van der Waals surface area contributed by atoms with Gasteiger partial charge in [0.05, 0.1) is 27.7 Å². The first-order valence-corrected chi connectivity index (χ1v) is 23.1. The molecule has 0 aromatic rings. The number of ether oxygens (including phenoxy) is 2. The molecule has 0 aliphatic heterocycles. The second-order valence-electron chi connectivity index (χ2n) is 15.4. The lowest BCUT2D eigenvalue weighted by atomic mass is 10.1. The third-order valence-corrected chi connectivity index (χ3v) is 9.77. The molecule has 9 nitrogen and oxygen atoms in total. The number of unbranched alkanes of at least 4 members (excludes halogenated alkanes) is 15. The van der Waals surface area contributed by atoms with Crippen LogP contribution < -0.4 is 4.89 Å². The number of allylic oxidation sites excluding steroid dienone is 11. The van der Waals surface area contributed by atoms with Crippen molar-refractivity contribution in [2.45, 2.75) is 161 Å². The minimum atomic E-state index is -4.66. The zero-order valence-electron chi connectivity index (χ0n) is 36.1. The van der Waals surface area contributed by atoms with Crippen molar-refractivity contribution in [1.82, 2.24) is 0 Å². The number of rotatable bonds is 38. The van der Waals surface area contributed by atoms with E-state index in [1.54, 1.807) is 12.2 Å². The van der Waals surface area contributed by atoms with Crippen molar-refractivity contribution in [3.05, 3.63) is 72.9 Å². The molecule has 0 aliphatic carbocycles. The Labute approximate surface area is 342 Å². The normalized spacial score (nSPS) is 14.3. The van der Waals surface area contributed by atoms with Gasteiger partial charge in [0.25, 0.3) is 7.82 Å². The van der Waals surface area contributed by atoms with Gasteiger partial charge in [-0.2, -0.15) is 0 Å². The third kappa shape index (κ3) is 41.1. The standard InChI is InChI=1S/C46H80NO8P/c1-6-8-10-12-14-16-18-20-22-23-25-26-28-30-32-34-36-38-45(48)52-42-44(43-54-56(50,51)53-41-40-47(3,4)5)55-46(49)39-37-35-33-31-29-27-24-21-19-17-15-13-11-9-7-2/h14,16,20,22,25-26,30,32-33,35,37,39,44H,6-13,15,17-19,21,23-24,27-29,31,34,36,38,40-43H2,1-5H3/b16-14+,22-20+,26-25+,32-30+,35-33+,39-37+/t44-/m1/s1. The highest BCUT2D eigenvalue weighted by molar-refractivity contribution is 7.45. The predicted molar refractivity (Wildman–Crippen MR) is 231 cm³/mol. The molecule has 0 spiro atoms. The fraction of sp³-hybridized carbons (Fsp3) is 0.696. The van der Waals surface area contributed by atoms with Crippen LogP contribution in [0.15, 0.2) is 72.9 Å². The minimum Gasteiger partial charge on any atom is -0.756 e. The number of carbonyl (C=O) groups is 2. The fourth-order valence-corrected chi connectivity index (χ4v) is 6.11. The van der Waals surface area contributed by atoms with E-state index in [0.29, 0.717) is 17.4 Å². The van der Waals surface area contributed by atoms with Crippen molar-refractivity contribution in [3.63, 3.8) is 0 Å². The lowest BCUT2D eigenvalue weighted by Crippen LogP contribution is -2.37. The molecular weight excluding hydrogens is 725 g/mol. The number of quaternary nitrogens is 1. The number of hydrogen-bond donors (Lipinski definition) is 0. The average Bonchev–Trinajstić information content (AvgIpc) is 3.15. The summed E-state index contributed by atoms with van der Waals surface area (Å²) in [7, 11) is 1.07. The van der Waals surface area contributed by atoms with E-state index in [-0.39, 0.29) is 19.6 Å². The Morgan fingerprint density at radius 2 is 1.09 bits per heavy atom. The van der Waals surface area contributed by atoms with Gasteiger partial charge in [0, 0.05) is 12.5 Å². The molecule has 1 unspecified atom stereocenters. The highest BCUT2D eigenvalue weighted by Crippen LogP contribution is 2.38. The Morgan fingerprint density at radius 3 is 1.66 bits per heavy atom. The minimum absolute atomic E-state index is 0.0581. The highest BCUT2D eigenvalue weighted by Gasteiger charge is 2.21. The van der Waals surface area contributed by atoms with Crippen molar-refractivity contribution in [2.24, 2.45) is 0 Å². The third-order valence-electron chi connectivity index (χ3n) is 8.81. The van der Waals surface area contributed by atoms with Crippen LogP contribution in [0.2, 0.25) is 0 Å². The Morgan fingerprint density at radius 1 is 0.607 bits per heavy atom. The topological polar surface area (TPSA) is 111 Å². The lowest BCUT2D eigenvalue weighted by molar-refractivity contribution is -0.870. The Balaban J connectivity index is 4.58. The van der Waals surface area contributed by atoms with Gasteiger partial charge in [-0.05, 0) is 57.8 Å². The van der Waals surface area contributed by atoms with Crippen LogP contribution in [-0.2, 0) is 32.7 Å². The second kappa shape index (κ2) is 38.0. The van der Waals surface area contributed by atoms with Crippen molar-refractivity contribution < 1.29 is 42.1 Å². The number of phosphoric acid groups is 1. The summed E-state index contributed by atoms with van der Waals surface area (Å²) in [5.74, 6) is -1.16. The van der Waals surface area contributed by atoms with E-state index in [9.17, 15) is 19.0 Å². The number of carbonyl (C=O) groups excluding carboxylic acids is 2. The number of nitrogens with zero attached hydrogens (tertiary/aromatic N) is 1. The number of hydrogen-bond acceptors (Lipinski definition) is 8. The van der Waals surface area contributed by atoms with Gasteiger partial charge in [-0.15, -0.1) is 0 Å². The van der Waals surface area contributed by atoms with E-state index in [1.165, 1.54) is 96.0 Å². The smallest absolute Gasteiger partial charge is 0.331 e. The van der Waals surface area contributed by atoms with Crippen LogP contribution in [-0.4, -0.2) is 70.0 Å². The van der Waals surface area contributed by atoms with Gasteiger partial charge in [-0.3, -0.25) is 9.36 Å². The molecule has 0 aromatic carbocycles. The first kappa shape index (κ1) is 53.5. The van der Waals surface area contributed by atoms with Crippen molar-refractivity contribution in [3.8, 4) is 0 Å². The highest BCUT2D eigenvalue weighted by atomic mass is 31.2. The molecular formula is C46H80NO8P. The van der Waals surface area contributed by atoms with E-state index in [1.807, 2.05) is 33.3 Å². The Kier molecular flexibility index (Phi) is 36.3. The van der Waals surface area contributed by atoms with Gasteiger partial charge < -0.3 is 27.9 Å². The molecule has 0 heterocycles. The van der Waals surface area contributed by atoms with Gasteiger partial charge in [-0.25, -0.2) is 4.79 Å². The predicted octanol–water partition coefficient (Wildman–Crippen LogP) is 11.6. The SMILES string of the molecule is CCCCC/C=C/C/C=C/C/C=C/C/C=C/CCCC(=O)OC[C@H](COP(=O)([O-])OCC[N+](C)(C)C)OC(=O)/C=C/C=C/CCCCCCCCCCCCC. The van der Waals surface area contributed by atoms with Crippen LogP contribution >= 0.6 is 7.82 Å². The zero-order valence-corrected chi connectivity index (χ0v) is 36.9. The molecule has 10 heteroatoms. The maximum atomic E-state index is 12.5. The summed E-state index contributed by atoms with van der Waals surface area (Å²) in [4.78, 5) is 37.3. The molecule has 0 aliphatic rings. The molecule has 2 atom stereocenters. The van der Waals surface area contributed by atoms with E-state index in [2.05, 4.69) is 56.4 Å². The van der Waals surface area contributed by atoms with Gasteiger partial charge in [0.1, 0.15) is 19.8 Å². The Hall–Kier alpha value is -2.55. The van der Waals surface area contributed by atoms with Crippen molar-refractivity contribution in [1.29, 1.82) is 0 Å². The van der Waals surface area contributed by atoms with Gasteiger partial charge in [0.2, 0.25) is 0 Å². The van der Waals surface area contributed by atoms with Gasteiger partial charge in [-0.1, -0.05) is 158 Å². The van der Waals surface area contributed by atoms with Crippen LogP contribution in [0, 0.1) is 0 Å². The van der Waals surface area contributed by atoms with Crippen LogP contribution in [0.25, 0.3) is 0 Å². The molecule has 0 saturated carbocycles. The lowest BCUT2D eigenvalue weighted by Gasteiger charge is -2.28. The van der Waals surface area contributed by atoms with E-state index >= 15 is 0 Å². The molecule has 0 fully saturated rings. The zero-order chi connectivity index (χ0) is 41.4. The summed E-state index contributed by atoms with van der Waals surface area (Å²) in [5, 5.41) is 0. The number of likely N-dealkylation sites (N-methyl/N-ethyl adjacent to an activating group) is 1. The first-order chi connectivity index (χ1) is 27.0. The summed E-state index contributed by atoms with van der Waals surface area (Å²) in [6.07, 6.45) is 47.1. The molecule has 0 bridgehead atoms. The Bertz CT molecular complexity index is 1180. The van der Waals surface area contributed by atoms with Crippen LogP contribution in [0.1, 0.15) is 155 Å². The molecule has 0 rings (SSSR count). The molecule has 0 radical (unpaired) electrons. The average molecular weight is 806 g/mol. The van der Waals surface area contributed by atoms with Crippen molar-refractivity contribution >= 4 is 19.8 Å². The molecule has 0 saturated heterocycles. The van der Waals surface area contributed by atoms with E-state index in [4.69, 9.17) is 18.5 Å². The number of esters is 2. The summed E-state index contributed by atoms with van der Waals surface area (Å²) < 4.78 is 33.6. The quantitative estimate of drug-likeness (QED) is 0.0115. The van der Waals surface area contributed by atoms with E-state index < -0.39 is 32.5 Å². The number of phosphoric ester groups is 1. The maximum Gasteiger partial charge on any atom is 0.331 e. The van der Waals surface area contributed by atoms with Crippen LogP contribution in [0.3, 0.4) is 0 Å². The monoisotopic (exact) mass is 806 g/mol. The van der Waals surface area contributed by atoms with Gasteiger partial charge in [0.15, 0.2) is 6.10 Å². The summed E-state index contributed by atoms with van der Waals surface area (Å²) in [5.41, 5.74) is 0. The maximum absolute atomic E-state index is 12.5. The largest absolute Gasteiger partial charge is 0.756 e. The molecule has 0 amide bonds. The van der Waals surface area contributed by atoms with E-state index in [0.717, 1.165) is 38.5 Å². The first-order valence-electron chi connectivity index (χ1n) is 21.7.